The number of hydrogen-bond acceptors (Lipinski definition) is 2. The van der Waals surface area contributed by atoms with Crippen LogP contribution in [0.5, 0.6) is 11.5 Å². The third-order valence-corrected chi connectivity index (χ3v) is 4.58. The van der Waals surface area contributed by atoms with Crippen molar-refractivity contribution in [1.29, 1.82) is 0 Å². The molecule has 0 radical (unpaired) electrons. The molecule has 2 aromatic carbocycles. The lowest BCUT2D eigenvalue weighted by molar-refractivity contribution is 0.354. The number of hydrogen-bond donors (Lipinski definition) is 0. The highest BCUT2D eigenvalue weighted by Gasteiger charge is 2.14. The number of halogens is 1. The van der Waals surface area contributed by atoms with E-state index in [1.807, 2.05) is 12.1 Å². The number of methoxy groups -OCH3 is 2. The van der Waals surface area contributed by atoms with Crippen molar-refractivity contribution in [3.8, 4) is 11.5 Å². The zero-order valence-corrected chi connectivity index (χ0v) is 13.8. The molecule has 0 aromatic heterocycles. The molecule has 2 aromatic rings. The standard InChI is InChI=1S/C17H19BrO2/c1-11-5-6-13(9-12(11)2)17(18)14-7-8-15(19-3)16(10-14)20-4/h5-10,17H,1-4H3. The Hall–Kier alpha value is -1.48. The van der Waals surface area contributed by atoms with Crippen LogP contribution in [0.25, 0.3) is 0 Å². The summed E-state index contributed by atoms with van der Waals surface area (Å²) in [6, 6.07) is 12.5. The Balaban J connectivity index is 2.37. The van der Waals surface area contributed by atoms with Crippen molar-refractivity contribution in [3.05, 3.63) is 58.7 Å². The van der Waals surface area contributed by atoms with E-state index in [-0.39, 0.29) is 4.83 Å². The van der Waals surface area contributed by atoms with Gasteiger partial charge in [-0.25, -0.2) is 0 Å². The summed E-state index contributed by atoms with van der Waals surface area (Å²) in [6.07, 6.45) is 0. The smallest absolute Gasteiger partial charge is 0.161 e. The Morgan fingerprint density at radius 1 is 0.800 bits per heavy atom. The van der Waals surface area contributed by atoms with Crippen molar-refractivity contribution in [2.75, 3.05) is 14.2 Å². The van der Waals surface area contributed by atoms with Gasteiger partial charge in [-0.3, -0.25) is 0 Å². The number of ether oxygens (including phenoxy) is 2. The second-order valence-electron chi connectivity index (χ2n) is 4.82. The Labute approximate surface area is 128 Å². The van der Waals surface area contributed by atoms with Crippen molar-refractivity contribution in [3.63, 3.8) is 0 Å². The quantitative estimate of drug-likeness (QED) is 0.747. The van der Waals surface area contributed by atoms with Gasteiger partial charge in [-0.05, 0) is 48.2 Å². The maximum absolute atomic E-state index is 5.36. The Morgan fingerprint density at radius 2 is 1.40 bits per heavy atom. The first-order chi connectivity index (χ1) is 9.56. The fourth-order valence-corrected chi connectivity index (χ4v) is 2.69. The van der Waals surface area contributed by atoms with E-state index < -0.39 is 0 Å². The van der Waals surface area contributed by atoms with Crippen molar-refractivity contribution in [2.24, 2.45) is 0 Å². The molecule has 0 spiro atoms. The third kappa shape index (κ3) is 2.98. The van der Waals surface area contributed by atoms with Crippen LogP contribution in [0.3, 0.4) is 0 Å². The SMILES string of the molecule is COc1ccc(C(Br)c2ccc(C)c(C)c2)cc1OC. The number of rotatable bonds is 4. The predicted molar refractivity (Wildman–Crippen MR) is 86.2 cm³/mol. The van der Waals surface area contributed by atoms with Crippen LogP contribution in [-0.2, 0) is 0 Å². The van der Waals surface area contributed by atoms with Crippen LogP contribution in [0.15, 0.2) is 36.4 Å². The summed E-state index contributed by atoms with van der Waals surface area (Å²) in [6.45, 7) is 4.26. The monoisotopic (exact) mass is 334 g/mol. The molecule has 1 unspecified atom stereocenters. The van der Waals surface area contributed by atoms with Crippen molar-refractivity contribution in [2.45, 2.75) is 18.7 Å². The molecule has 0 fully saturated rings. The highest BCUT2D eigenvalue weighted by molar-refractivity contribution is 9.09. The van der Waals surface area contributed by atoms with E-state index in [0.717, 1.165) is 17.1 Å². The van der Waals surface area contributed by atoms with Gasteiger partial charge in [-0.2, -0.15) is 0 Å². The summed E-state index contributed by atoms with van der Waals surface area (Å²) in [7, 11) is 3.30. The Kier molecular flexibility index (Phi) is 4.71. The highest BCUT2D eigenvalue weighted by Crippen LogP contribution is 2.36. The van der Waals surface area contributed by atoms with E-state index >= 15 is 0 Å². The zero-order chi connectivity index (χ0) is 14.7. The minimum absolute atomic E-state index is 0.140. The van der Waals surface area contributed by atoms with Gasteiger partial charge in [0.15, 0.2) is 11.5 Å². The van der Waals surface area contributed by atoms with Gasteiger partial charge < -0.3 is 9.47 Å². The predicted octanol–water partition coefficient (Wildman–Crippen LogP) is 4.80. The van der Waals surface area contributed by atoms with Gasteiger partial charge in [0, 0.05) is 0 Å². The minimum atomic E-state index is 0.140. The lowest BCUT2D eigenvalue weighted by Gasteiger charge is -2.15. The molecule has 3 heteroatoms. The highest BCUT2D eigenvalue weighted by atomic mass is 79.9. The van der Waals surface area contributed by atoms with E-state index in [2.05, 4.69) is 54.0 Å². The summed E-state index contributed by atoms with van der Waals surface area (Å²) in [4.78, 5) is 0.140. The van der Waals surface area contributed by atoms with Gasteiger partial charge in [-0.15, -0.1) is 0 Å². The average molecular weight is 335 g/mol. The largest absolute Gasteiger partial charge is 0.493 e. The van der Waals surface area contributed by atoms with Gasteiger partial charge in [-0.1, -0.05) is 40.2 Å². The minimum Gasteiger partial charge on any atom is -0.493 e. The molecule has 0 bridgehead atoms. The van der Waals surface area contributed by atoms with Gasteiger partial charge >= 0.3 is 0 Å². The van der Waals surface area contributed by atoms with Gasteiger partial charge in [0.25, 0.3) is 0 Å². The molecule has 0 aliphatic heterocycles. The molecule has 1 atom stereocenters. The van der Waals surface area contributed by atoms with E-state index in [1.165, 1.54) is 16.7 Å². The van der Waals surface area contributed by atoms with Crippen LogP contribution in [0.1, 0.15) is 27.1 Å². The van der Waals surface area contributed by atoms with Gasteiger partial charge in [0.1, 0.15) is 0 Å². The van der Waals surface area contributed by atoms with Gasteiger partial charge in [0.05, 0.1) is 19.0 Å². The summed E-state index contributed by atoms with van der Waals surface area (Å²) in [5.74, 6) is 1.49. The maximum atomic E-state index is 5.36. The van der Waals surface area contributed by atoms with E-state index in [9.17, 15) is 0 Å². The zero-order valence-electron chi connectivity index (χ0n) is 12.2. The molecule has 0 saturated heterocycles. The van der Waals surface area contributed by atoms with Crippen molar-refractivity contribution >= 4 is 15.9 Å². The second-order valence-corrected chi connectivity index (χ2v) is 5.74. The topological polar surface area (TPSA) is 18.5 Å². The van der Waals surface area contributed by atoms with Crippen LogP contribution < -0.4 is 9.47 Å². The van der Waals surface area contributed by atoms with Gasteiger partial charge in [0.2, 0.25) is 0 Å². The van der Waals surface area contributed by atoms with E-state index in [1.54, 1.807) is 14.2 Å². The van der Waals surface area contributed by atoms with E-state index in [4.69, 9.17) is 9.47 Å². The number of alkyl halides is 1. The molecule has 2 rings (SSSR count). The Morgan fingerprint density at radius 3 is 2.00 bits per heavy atom. The molecule has 0 saturated carbocycles. The second kappa shape index (κ2) is 6.31. The number of aryl methyl sites for hydroxylation is 2. The van der Waals surface area contributed by atoms with Crippen LogP contribution >= 0.6 is 15.9 Å². The van der Waals surface area contributed by atoms with Crippen LogP contribution in [-0.4, -0.2) is 14.2 Å². The molecular formula is C17H19BrO2. The summed E-state index contributed by atoms with van der Waals surface area (Å²) < 4.78 is 10.6. The average Bonchev–Trinajstić information content (AvgIpc) is 2.48. The first-order valence-electron chi connectivity index (χ1n) is 6.50. The molecule has 0 aliphatic carbocycles. The van der Waals surface area contributed by atoms with Crippen molar-refractivity contribution in [1.82, 2.24) is 0 Å². The molecular weight excluding hydrogens is 316 g/mol. The summed E-state index contributed by atoms with van der Waals surface area (Å²) >= 11 is 3.77. The van der Waals surface area contributed by atoms with Crippen LogP contribution in [0, 0.1) is 13.8 Å². The normalized spacial score (nSPS) is 12.1. The lowest BCUT2D eigenvalue weighted by atomic mass is 10.00. The lowest BCUT2D eigenvalue weighted by Crippen LogP contribution is -1.97. The molecule has 0 N–H and O–H groups in total. The molecule has 0 aliphatic rings. The molecule has 20 heavy (non-hydrogen) atoms. The fraction of sp³-hybridized carbons (Fsp3) is 0.294. The van der Waals surface area contributed by atoms with Crippen LogP contribution in [0.4, 0.5) is 0 Å². The number of benzene rings is 2. The molecule has 106 valence electrons. The van der Waals surface area contributed by atoms with Crippen LogP contribution in [0.2, 0.25) is 0 Å². The third-order valence-electron chi connectivity index (χ3n) is 3.52. The van der Waals surface area contributed by atoms with Crippen molar-refractivity contribution < 1.29 is 9.47 Å². The Bertz CT molecular complexity index is 608. The molecule has 0 amide bonds. The van der Waals surface area contributed by atoms with E-state index in [0.29, 0.717) is 0 Å². The first-order valence-corrected chi connectivity index (χ1v) is 7.41. The summed E-state index contributed by atoms with van der Waals surface area (Å²) in [5.41, 5.74) is 4.99. The first kappa shape index (κ1) is 14.9. The molecule has 0 heterocycles. The summed E-state index contributed by atoms with van der Waals surface area (Å²) in [5, 5.41) is 0. The fourth-order valence-electron chi connectivity index (χ4n) is 2.13. The molecule has 2 nitrogen and oxygen atoms in total. The maximum Gasteiger partial charge on any atom is 0.161 e.